The minimum atomic E-state index is -0.617. The molecule has 0 aliphatic rings. The molecule has 0 bridgehead atoms. The summed E-state index contributed by atoms with van der Waals surface area (Å²) in [6.07, 6.45) is 4.24. The highest BCUT2D eigenvalue weighted by Crippen LogP contribution is 2.25. The summed E-state index contributed by atoms with van der Waals surface area (Å²) in [7, 11) is 0. The molecule has 2 nitrogen and oxygen atoms in total. The standard InChI is InChI=1S/C17H27F2NO/c1-4-7-8-13(5-2)12-21-17-15(18)9-14(10-16(17)19)11-20-6-3/h9-10,13,20H,4-8,11-12H2,1-3H3. The van der Waals surface area contributed by atoms with Gasteiger partial charge in [0.2, 0.25) is 0 Å². The van der Waals surface area contributed by atoms with E-state index < -0.39 is 11.6 Å². The number of nitrogens with one attached hydrogen (secondary N) is 1. The van der Waals surface area contributed by atoms with E-state index >= 15 is 0 Å². The first-order valence-electron chi connectivity index (χ1n) is 7.93. The van der Waals surface area contributed by atoms with Gasteiger partial charge in [0.15, 0.2) is 17.4 Å². The van der Waals surface area contributed by atoms with Gasteiger partial charge in [-0.3, -0.25) is 0 Å². The molecule has 1 atom stereocenters. The highest BCUT2D eigenvalue weighted by Gasteiger charge is 2.15. The van der Waals surface area contributed by atoms with Crippen molar-refractivity contribution < 1.29 is 13.5 Å². The highest BCUT2D eigenvalue weighted by molar-refractivity contribution is 5.31. The topological polar surface area (TPSA) is 21.3 Å². The first-order valence-corrected chi connectivity index (χ1v) is 7.93. The Kier molecular flexibility index (Phi) is 8.28. The van der Waals surface area contributed by atoms with Crippen LogP contribution in [-0.4, -0.2) is 13.2 Å². The average Bonchev–Trinajstić information content (AvgIpc) is 2.47. The van der Waals surface area contributed by atoms with Gasteiger partial charge in [0, 0.05) is 6.54 Å². The maximum absolute atomic E-state index is 14.0. The Morgan fingerprint density at radius 1 is 1.14 bits per heavy atom. The van der Waals surface area contributed by atoms with E-state index in [4.69, 9.17) is 4.74 Å². The lowest BCUT2D eigenvalue weighted by atomic mass is 10.0. The van der Waals surface area contributed by atoms with E-state index in [2.05, 4.69) is 19.2 Å². The summed E-state index contributed by atoms with van der Waals surface area (Å²) in [5.41, 5.74) is 0.595. The smallest absolute Gasteiger partial charge is 0.190 e. The number of halogens is 2. The van der Waals surface area contributed by atoms with E-state index in [9.17, 15) is 8.78 Å². The Morgan fingerprint density at radius 2 is 1.81 bits per heavy atom. The van der Waals surface area contributed by atoms with Gasteiger partial charge in [-0.15, -0.1) is 0 Å². The fraction of sp³-hybridized carbons (Fsp3) is 0.647. The van der Waals surface area contributed by atoms with Crippen molar-refractivity contribution >= 4 is 0 Å². The Labute approximate surface area is 126 Å². The van der Waals surface area contributed by atoms with Crippen molar-refractivity contribution in [2.75, 3.05) is 13.2 Å². The van der Waals surface area contributed by atoms with Crippen LogP contribution < -0.4 is 10.1 Å². The average molecular weight is 299 g/mol. The van der Waals surface area contributed by atoms with E-state index in [0.717, 1.165) is 32.2 Å². The normalized spacial score (nSPS) is 12.4. The molecule has 1 aromatic carbocycles. The van der Waals surface area contributed by atoms with Crippen molar-refractivity contribution in [1.29, 1.82) is 0 Å². The number of hydrogen-bond acceptors (Lipinski definition) is 2. The molecule has 1 N–H and O–H groups in total. The summed E-state index contributed by atoms with van der Waals surface area (Å²) in [4.78, 5) is 0. The third-order valence-electron chi connectivity index (χ3n) is 3.64. The monoisotopic (exact) mass is 299 g/mol. The Balaban J connectivity index is 2.66. The third-order valence-corrected chi connectivity index (χ3v) is 3.64. The van der Waals surface area contributed by atoms with Gasteiger partial charge < -0.3 is 10.1 Å². The number of hydrogen-bond donors (Lipinski definition) is 1. The lowest BCUT2D eigenvalue weighted by molar-refractivity contribution is 0.215. The van der Waals surface area contributed by atoms with Gasteiger partial charge in [-0.05, 0) is 36.6 Å². The van der Waals surface area contributed by atoms with Crippen molar-refractivity contribution in [1.82, 2.24) is 5.32 Å². The zero-order valence-electron chi connectivity index (χ0n) is 13.3. The van der Waals surface area contributed by atoms with E-state index in [1.54, 1.807) is 0 Å². The molecule has 0 heterocycles. The molecule has 0 aliphatic carbocycles. The molecular weight excluding hydrogens is 272 g/mol. The van der Waals surface area contributed by atoms with Crippen LogP contribution in [0.25, 0.3) is 0 Å². The van der Waals surface area contributed by atoms with Crippen molar-refractivity contribution in [3.8, 4) is 5.75 Å². The molecule has 0 radical (unpaired) electrons. The number of benzene rings is 1. The maximum atomic E-state index is 14.0. The Morgan fingerprint density at radius 3 is 2.33 bits per heavy atom. The molecule has 4 heteroatoms. The molecule has 0 amide bonds. The van der Waals surface area contributed by atoms with Crippen LogP contribution >= 0.6 is 0 Å². The van der Waals surface area contributed by atoms with Gasteiger partial charge in [-0.1, -0.05) is 40.0 Å². The van der Waals surface area contributed by atoms with E-state index in [-0.39, 0.29) is 5.75 Å². The SMILES string of the molecule is CCCCC(CC)COc1c(F)cc(CNCC)cc1F. The summed E-state index contributed by atoms with van der Waals surface area (Å²) in [5.74, 6) is -1.13. The molecule has 0 aliphatic heterocycles. The van der Waals surface area contributed by atoms with Crippen LogP contribution in [0.5, 0.6) is 5.75 Å². The second-order valence-corrected chi connectivity index (χ2v) is 5.40. The molecular formula is C17H27F2NO. The van der Waals surface area contributed by atoms with Crippen molar-refractivity contribution in [3.05, 3.63) is 29.3 Å². The van der Waals surface area contributed by atoms with Crippen LogP contribution in [0, 0.1) is 17.6 Å². The number of rotatable bonds is 10. The molecule has 0 saturated carbocycles. The zero-order chi connectivity index (χ0) is 15.7. The third kappa shape index (κ3) is 6.00. The Hall–Kier alpha value is -1.16. The largest absolute Gasteiger partial charge is 0.487 e. The predicted molar refractivity (Wildman–Crippen MR) is 82.5 cm³/mol. The summed E-state index contributed by atoms with van der Waals surface area (Å²) < 4.78 is 33.3. The second-order valence-electron chi connectivity index (χ2n) is 5.40. The molecule has 0 fully saturated rings. The van der Waals surface area contributed by atoms with Crippen LogP contribution in [0.3, 0.4) is 0 Å². The van der Waals surface area contributed by atoms with Gasteiger partial charge in [0.25, 0.3) is 0 Å². The van der Waals surface area contributed by atoms with Crippen LogP contribution in [0.1, 0.15) is 52.0 Å². The van der Waals surface area contributed by atoms with Crippen LogP contribution in [0.4, 0.5) is 8.78 Å². The highest BCUT2D eigenvalue weighted by atomic mass is 19.1. The summed E-state index contributed by atoms with van der Waals surface area (Å²) in [6, 6.07) is 2.68. The summed E-state index contributed by atoms with van der Waals surface area (Å²) in [5, 5.41) is 3.05. The molecule has 0 saturated heterocycles. The summed E-state index contributed by atoms with van der Waals surface area (Å²) in [6.45, 7) is 7.75. The van der Waals surface area contributed by atoms with Crippen molar-refractivity contribution in [2.45, 2.75) is 53.0 Å². The zero-order valence-corrected chi connectivity index (χ0v) is 13.3. The van der Waals surface area contributed by atoms with E-state index in [1.807, 2.05) is 6.92 Å². The quantitative estimate of drug-likeness (QED) is 0.678. The minimum Gasteiger partial charge on any atom is -0.487 e. The Bertz CT molecular complexity index is 400. The van der Waals surface area contributed by atoms with Gasteiger partial charge >= 0.3 is 0 Å². The van der Waals surface area contributed by atoms with Crippen LogP contribution in [0.2, 0.25) is 0 Å². The minimum absolute atomic E-state index is 0.245. The molecule has 120 valence electrons. The van der Waals surface area contributed by atoms with Crippen LogP contribution in [0.15, 0.2) is 12.1 Å². The second kappa shape index (κ2) is 9.72. The molecule has 21 heavy (non-hydrogen) atoms. The first kappa shape index (κ1) is 17.9. The van der Waals surface area contributed by atoms with Crippen LogP contribution in [-0.2, 0) is 6.54 Å². The lowest BCUT2D eigenvalue weighted by Crippen LogP contribution is -2.14. The number of ether oxygens (including phenoxy) is 1. The molecule has 0 aromatic heterocycles. The van der Waals surface area contributed by atoms with Gasteiger partial charge in [0.05, 0.1) is 6.61 Å². The maximum Gasteiger partial charge on any atom is 0.190 e. The van der Waals surface area contributed by atoms with Gasteiger partial charge in [0.1, 0.15) is 0 Å². The van der Waals surface area contributed by atoms with Gasteiger partial charge in [-0.2, -0.15) is 0 Å². The fourth-order valence-corrected chi connectivity index (χ4v) is 2.22. The van der Waals surface area contributed by atoms with E-state index in [0.29, 0.717) is 24.6 Å². The van der Waals surface area contributed by atoms with Gasteiger partial charge in [-0.25, -0.2) is 8.78 Å². The molecule has 1 aromatic rings. The lowest BCUT2D eigenvalue weighted by Gasteiger charge is -2.16. The molecule has 0 spiro atoms. The fourth-order valence-electron chi connectivity index (χ4n) is 2.22. The molecule has 1 unspecified atom stereocenters. The predicted octanol–water partition coefficient (Wildman–Crippen LogP) is 4.67. The van der Waals surface area contributed by atoms with Crippen molar-refractivity contribution in [3.63, 3.8) is 0 Å². The first-order chi connectivity index (χ1) is 10.1. The van der Waals surface area contributed by atoms with E-state index in [1.165, 1.54) is 12.1 Å². The number of unbranched alkanes of at least 4 members (excludes halogenated alkanes) is 1. The summed E-state index contributed by atoms with van der Waals surface area (Å²) >= 11 is 0. The molecule has 1 rings (SSSR count). The van der Waals surface area contributed by atoms with Crippen molar-refractivity contribution in [2.24, 2.45) is 5.92 Å².